The minimum atomic E-state index is -0.798. The maximum atomic E-state index is 12.3. The van der Waals surface area contributed by atoms with E-state index < -0.39 is 5.97 Å². The lowest BCUT2D eigenvalue weighted by molar-refractivity contribution is -0.136. The smallest absolute Gasteiger partial charge is 0.304 e. The van der Waals surface area contributed by atoms with E-state index in [0.717, 1.165) is 12.8 Å². The summed E-state index contributed by atoms with van der Waals surface area (Å²) in [5, 5.41) is 8.57. The fourth-order valence-corrected chi connectivity index (χ4v) is 3.45. The topological polar surface area (TPSA) is 57.6 Å². The Morgan fingerprint density at radius 3 is 2.42 bits per heavy atom. The van der Waals surface area contributed by atoms with E-state index in [0.29, 0.717) is 17.5 Å². The van der Waals surface area contributed by atoms with Crippen LogP contribution < -0.4 is 0 Å². The van der Waals surface area contributed by atoms with Crippen LogP contribution in [0.2, 0.25) is 0 Å². The van der Waals surface area contributed by atoms with Gasteiger partial charge in [-0.25, -0.2) is 0 Å². The van der Waals surface area contributed by atoms with Crippen LogP contribution in [-0.4, -0.2) is 45.5 Å². The molecule has 0 saturated heterocycles. The number of carboxylic acids is 1. The first kappa shape index (κ1) is 16.3. The van der Waals surface area contributed by atoms with Crippen molar-refractivity contribution in [3.05, 3.63) is 0 Å². The number of carboxylic acid groups (broad SMARTS) is 1. The summed E-state index contributed by atoms with van der Waals surface area (Å²) in [7, 11) is 0. The Morgan fingerprint density at radius 2 is 1.89 bits per heavy atom. The number of carbonyl (C=O) groups is 2. The molecular formula is C14H25NO3S. The van der Waals surface area contributed by atoms with E-state index in [2.05, 4.69) is 13.8 Å². The minimum Gasteiger partial charge on any atom is -0.481 e. The average Bonchev–Trinajstić information content (AvgIpc) is 2.35. The highest BCUT2D eigenvalue weighted by molar-refractivity contribution is 7.99. The van der Waals surface area contributed by atoms with Crippen molar-refractivity contribution in [2.75, 3.05) is 11.5 Å². The quantitative estimate of drug-likeness (QED) is 0.732. The first-order valence-electron chi connectivity index (χ1n) is 7.13. The van der Waals surface area contributed by atoms with Crippen molar-refractivity contribution in [2.45, 2.75) is 64.5 Å². The Bertz CT molecular complexity index is 301. The van der Waals surface area contributed by atoms with Gasteiger partial charge in [0, 0.05) is 17.8 Å². The molecule has 0 unspecified atom stereocenters. The van der Waals surface area contributed by atoms with Crippen LogP contribution in [0, 0.1) is 0 Å². The van der Waals surface area contributed by atoms with Crippen molar-refractivity contribution >= 4 is 23.6 Å². The fraction of sp³-hybridized carbons (Fsp3) is 0.857. The monoisotopic (exact) mass is 287 g/mol. The zero-order valence-corrected chi connectivity index (χ0v) is 12.7. The largest absolute Gasteiger partial charge is 0.481 e. The number of carbonyl (C=O) groups excluding carboxylic acids is 1. The number of amides is 1. The van der Waals surface area contributed by atoms with Gasteiger partial charge < -0.3 is 10.0 Å². The van der Waals surface area contributed by atoms with Crippen LogP contribution in [0.25, 0.3) is 0 Å². The Kier molecular flexibility index (Phi) is 7.28. The number of hydrogen-bond acceptors (Lipinski definition) is 3. The molecule has 19 heavy (non-hydrogen) atoms. The third-order valence-electron chi connectivity index (χ3n) is 3.50. The summed E-state index contributed by atoms with van der Waals surface area (Å²) in [5.41, 5.74) is 0. The molecule has 4 nitrogen and oxygen atoms in total. The van der Waals surface area contributed by atoms with Gasteiger partial charge >= 0.3 is 5.97 Å². The molecule has 0 spiro atoms. The molecular weight excluding hydrogens is 262 g/mol. The summed E-state index contributed by atoms with van der Waals surface area (Å²) in [6.07, 6.45) is 6.07. The molecule has 0 atom stereocenters. The van der Waals surface area contributed by atoms with Gasteiger partial charge in [-0.05, 0) is 26.7 Å². The lowest BCUT2D eigenvalue weighted by atomic mass is 9.93. The van der Waals surface area contributed by atoms with Crippen LogP contribution in [0.5, 0.6) is 0 Å². The van der Waals surface area contributed by atoms with Crippen LogP contribution in [0.1, 0.15) is 52.4 Å². The summed E-state index contributed by atoms with van der Waals surface area (Å²) in [4.78, 5) is 24.7. The maximum absolute atomic E-state index is 12.3. The highest BCUT2D eigenvalue weighted by Gasteiger charge is 2.27. The Labute approximate surface area is 119 Å². The van der Waals surface area contributed by atoms with Crippen LogP contribution in [0.4, 0.5) is 0 Å². The van der Waals surface area contributed by atoms with Crippen molar-refractivity contribution in [1.82, 2.24) is 4.90 Å². The van der Waals surface area contributed by atoms with Crippen molar-refractivity contribution in [1.29, 1.82) is 0 Å². The van der Waals surface area contributed by atoms with Gasteiger partial charge in [-0.3, -0.25) is 9.59 Å². The molecule has 1 aliphatic carbocycles. The standard InChI is InChI=1S/C14H25NO3S/c1-11(2)15(12-6-4-3-5-7-12)13(16)10-19-9-8-14(17)18/h11-12H,3-10H2,1-2H3,(H,17,18). The summed E-state index contributed by atoms with van der Waals surface area (Å²) in [5.74, 6) is 0.282. The summed E-state index contributed by atoms with van der Waals surface area (Å²) in [6.45, 7) is 4.13. The molecule has 110 valence electrons. The second-order valence-corrected chi connectivity index (χ2v) is 6.49. The number of hydrogen-bond donors (Lipinski definition) is 1. The van der Waals surface area contributed by atoms with Gasteiger partial charge in [-0.2, -0.15) is 11.8 Å². The molecule has 1 rings (SSSR count). The third kappa shape index (κ3) is 5.85. The van der Waals surface area contributed by atoms with E-state index in [1.54, 1.807) is 0 Å². The van der Waals surface area contributed by atoms with Crippen molar-refractivity contribution in [2.24, 2.45) is 0 Å². The van der Waals surface area contributed by atoms with Crippen molar-refractivity contribution in [3.63, 3.8) is 0 Å². The molecule has 0 radical (unpaired) electrons. The van der Waals surface area contributed by atoms with E-state index >= 15 is 0 Å². The molecule has 5 heteroatoms. The second kappa shape index (κ2) is 8.46. The van der Waals surface area contributed by atoms with Crippen LogP contribution >= 0.6 is 11.8 Å². The van der Waals surface area contributed by atoms with Crippen molar-refractivity contribution in [3.8, 4) is 0 Å². The van der Waals surface area contributed by atoms with E-state index in [4.69, 9.17) is 5.11 Å². The van der Waals surface area contributed by atoms with Crippen LogP contribution in [-0.2, 0) is 9.59 Å². The zero-order chi connectivity index (χ0) is 14.3. The average molecular weight is 287 g/mol. The Balaban J connectivity index is 2.41. The fourth-order valence-electron chi connectivity index (χ4n) is 2.67. The van der Waals surface area contributed by atoms with Crippen LogP contribution in [0.15, 0.2) is 0 Å². The molecule has 0 heterocycles. The molecule has 1 saturated carbocycles. The first-order chi connectivity index (χ1) is 9.02. The molecule has 0 aliphatic heterocycles. The lowest BCUT2D eigenvalue weighted by Gasteiger charge is -2.37. The van der Waals surface area contributed by atoms with E-state index in [1.165, 1.54) is 31.0 Å². The molecule has 0 aromatic carbocycles. The predicted octanol–water partition coefficient (Wildman–Crippen LogP) is 2.76. The third-order valence-corrected chi connectivity index (χ3v) is 4.44. The van der Waals surface area contributed by atoms with Gasteiger partial charge in [0.15, 0.2) is 0 Å². The van der Waals surface area contributed by atoms with Gasteiger partial charge in [0.25, 0.3) is 0 Å². The van der Waals surface area contributed by atoms with Crippen LogP contribution in [0.3, 0.4) is 0 Å². The maximum Gasteiger partial charge on any atom is 0.304 e. The molecule has 0 aromatic rings. The Morgan fingerprint density at radius 1 is 1.26 bits per heavy atom. The minimum absolute atomic E-state index is 0.128. The first-order valence-corrected chi connectivity index (χ1v) is 8.28. The molecule has 0 bridgehead atoms. The normalized spacial score (nSPS) is 16.6. The van der Waals surface area contributed by atoms with Gasteiger partial charge in [-0.15, -0.1) is 0 Å². The number of nitrogens with zero attached hydrogens (tertiary/aromatic N) is 1. The molecule has 1 aliphatic rings. The van der Waals surface area contributed by atoms with Crippen molar-refractivity contribution < 1.29 is 14.7 Å². The predicted molar refractivity (Wildman–Crippen MR) is 78.4 cm³/mol. The van der Waals surface area contributed by atoms with E-state index in [1.807, 2.05) is 4.90 Å². The molecule has 1 amide bonds. The summed E-state index contributed by atoms with van der Waals surface area (Å²) >= 11 is 1.43. The zero-order valence-electron chi connectivity index (χ0n) is 11.9. The SMILES string of the molecule is CC(C)N(C(=O)CSCCC(=O)O)C1CCCCC1. The Hall–Kier alpha value is -0.710. The lowest BCUT2D eigenvalue weighted by Crippen LogP contribution is -2.46. The molecule has 0 aromatic heterocycles. The number of aliphatic carboxylic acids is 1. The summed E-state index contributed by atoms with van der Waals surface area (Å²) < 4.78 is 0. The highest BCUT2D eigenvalue weighted by Crippen LogP contribution is 2.25. The second-order valence-electron chi connectivity index (χ2n) is 5.38. The molecule has 1 N–H and O–H groups in total. The highest BCUT2D eigenvalue weighted by atomic mass is 32.2. The van der Waals surface area contributed by atoms with Gasteiger partial charge in [0.1, 0.15) is 0 Å². The van der Waals surface area contributed by atoms with Gasteiger partial charge in [-0.1, -0.05) is 19.3 Å². The van der Waals surface area contributed by atoms with Gasteiger partial charge in [0.2, 0.25) is 5.91 Å². The summed E-state index contributed by atoms with van der Waals surface area (Å²) in [6, 6.07) is 0.622. The van der Waals surface area contributed by atoms with E-state index in [-0.39, 0.29) is 18.4 Å². The van der Waals surface area contributed by atoms with E-state index in [9.17, 15) is 9.59 Å². The van der Waals surface area contributed by atoms with Gasteiger partial charge in [0.05, 0.1) is 12.2 Å². The molecule has 1 fully saturated rings. The number of thioether (sulfide) groups is 1. The number of rotatable bonds is 7.